The molecule has 1 nitrogen and oxygen atoms in total. The molecule has 5 aromatic rings. The van der Waals surface area contributed by atoms with Crippen molar-refractivity contribution in [3.8, 4) is 0 Å². The summed E-state index contributed by atoms with van der Waals surface area (Å²) in [4.78, 5) is 2.50. The zero-order chi connectivity index (χ0) is 27.8. The Morgan fingerprint density at radius 1 is 0.550 bits per heavy atom. The van der Waals surface area contributed by atoms with Crippen LogP contribution in [0.5, 0.6) is 0 Å². The third-order valence-corrected chi connectivity index (χ3v) is 18.1. The fourth-order valence-corrected chi connectivity index (χ4v) is 15.1. The van der Waals surface area contributed by atoms with Gasteiger partial charge in [-0.15, -0.1) is 0 Å². The minimum atomic E-state index is -2.39. The summed E-state index contributed by atoms with van der Waals surface area (Å²) in [5, 5.41) is 7.59. The zero-order valence-corrected chi connectivity index (χ0v) is 26.5. The molecule has 0 amide bonds. The minimum absolute atomic E-state index is 0.353. The Morgan fingerprint density at radius 2 is 0.975 bits per heavy atom. The van der Waals surface area contributed by atoms with Gasteiger partial charge in [0.15, 0.2) is 0 Å². The van der Waals surface area contributed by atoms with Crippen LogP contribution in [0.3, 0.4) is 0 Å². The third kappa shape index (κ3) is 3.58. The lowest BCUT2D eigenvalue weighted by Gasteiger charge is -2.47. The third-order valence-electron chi connectivity index (χ3n) is 8.32. The highest BCUT2D eigenvalue weighted by Gasteiger charge is 2.46. The number of fused-ring (bicyclic) bond motifs is 4. The fraction of sp³-hybridized carbons (Fsp3) is 0.143. The molecule has 0 fully saturated rings. The molecule has 2 aliphatic rings. The summed E-state index contributed by atoms with van der Waals surface area (Å²) in [5.41, 5.74) is 7.42. The first-order valence-corrected chi connectivity index (χ1v) is 19.4. The summed E-state index contributed by atoms with van der Waals surface area (Å²) in [6.45, 7) is 8.93. The van der Waals surface area contributed by atoms with Crippen molar-refractivity contribution in [2.75, 3.05) is 4.90 Å². The van der Waals surface area contributed by atoms with Crippen molar-refractivity contribution in [1.29, 1.82) is 0 Å². The lowest BCUT2D eigenvalue weighted by molar-refractivity contribution is 0.869. The Hall–Kier alpha value is -2.80. The Morgan fingerprint density at radius 3 is 1.38 bits per heavy atom. The average molecular weight is 592 g/mol. The van der Waals surface area contributed by atoms with Crippen LogP contribution in [0.4, 0.5) is 17.1 Å². The highest BCUT2D eigenvalue weighted by atomic mass is 32.4. The van der Waals surface area contributed by atoms with Gasteiger partial charge in [-0.25, -0.2) is 0 Å². The number of hydrogen-bond acceptors (Lipinski definition) is 3. The summed E-state index contributed by atoms with van der Waals surface area (Å²) in [5.74, 6) is 0.353. The van der Waals surface area contributed by atoms with Crippen LogP contribution in [0.15, 0.2) is 109 Å². The monoisotopic (exact) mass is 591 g/mol. The van der Waals surface area contributed by atoms with Gasteiger partial charge in [0.1, 0.15) is 0 Å². The van der Waals surface area contributed by atoms with Gasteiger partial charge < -0.3 is 4.90 Å². The van der Waals surface area contributed by atoms with Crippen LogP contribution in [0.25, 0.3) is 0 Å². The van der Waals surface area contributed by atoms with E-state index in [2.05, 4.69) is 142 Å². The number of hydrogen-bond donors (Lipinski definition) is 0. The van der Waals surface area contributed by atoms with Crippen molar-refractivity contribution in [1.82, 2.24) is 0 Å². The first-order valence-electron chi connectivity index (χ1n) is 13.8. The van der Waals surface area contributed by atoms with Crippen molar-refractivity contribution in [3.63, 3.8) is 0 Å². The molecular weight excluding hydrogens is 560 g/mol. The van der Waals surface area contributed by atoms with E-state index in [9.17, 15) is 0 Å². The quantitative estimate of drug-likeness (QED) is 0.203. The van der Waals surface area contributed by atoms with Gasteiger partial charge in [0.25, 0.3) is 0 Å². The highest BCUT2D eigenvalue weighted by molar-refractivity contribution is 8.27. The molecule has 198 valence electrons. The summed E-state index contributed by atoms with van der Waals surface area (Å²) in [7, 11) is 0. The first-order chi connectivity index (χ1) is 19.2. The number of anilines is 3. The minimum Gasteiger partial charge on any atom is -0.308 e. The van der Waals surface area contributed by atoms with Crippen LogP contribution in [0, 0.1) is 13.8 Å². The van der Waals surface area contributed by atoms with Crippen LogP contribution in [0.2, 0.25) is 0 Å². The molecule has 7 rings (SSSR count). The normalized spacial score (nSPS) is 20.6. The smallest absolute Gasteiger partial charge is 0.0644 e. The van der Waals surface area contributed by atoms with Gasteiger partial charge in [0.2, 0.25) is 0 Å². The van der Waals surface area contributed by atoms with Crippen molar-refractivity contribution in [3.05, 3.63) is 126 Å². The Balaban J connectivity index is 1.71. The second-order valence-electron chi connectivity index (χ2n) is 11.3. The summed E-state index contributed by atoms with van der Waals surface area (Å²) in [6, 6.07) is 35.5. The molecule has 2 heterocycles. The molecule has 0 aromatic heterocycles. The average Bonchev–Trinajstić information content (AvgIpc) is 2.97. The summed E-state index contributed by atoms with van der Waals surface area (Å²) < 4.78 is 0. The second kappa shape index (κ2) is 9.37. The molecule has 5 heteroatoms. The molecule has 0 N–H and O–H groups in total. The van der Waals surface area contributed by atoms with Gasteiger partial charge in [0.05, 0.1) is 17.1 Å². The SMILES string of the molecule is Cc1ccc2c(c1)P(=S)(c1ccccc1)c1cc(C(C)C)cc3c1N2c1ccc(C)cc1P3(=S)c1ccccc1. The van der Waals surface area contributed by atoms with Crippen LogP contribution in [-0.4, -0.2) is 0 Å². The van der Waals surface area contributed by atoms with E-state index in [1.165, 1.54) is 65.6 Å². The topological polar surface area (TPSA) is 3.24 Å². The maximum absolute atomic E-state index is 6.99. The van der Waals surface area contributed by atoms with E-state index in [0.717, 1.165) is 0 Å². The molecule has 2 aliphatic heterocycles. The maximum Gasteiger partial charge on any atom is 0.0644 e. The van der Waals surface area contributed by atoms with E-state index in [-0.39, 0.29) is 0 Å². The van der Waals surface area contributed by atoms with Gasteiger partial charge in [-0.1, -0.05) is 121 Å². The van der Waals surface area contributed by atoms with Gasteiger partial charge in [0, 0.05) is 33.3 Å². The Labute approximate surface area is 247 Å². The Bertz CT molecular complexity index is 1780. The highest BCUT2D eigenvalue weighted by Crippen LogP contribution is 2.61. The van der Waals surface area contributed by atoms with Crippen LogP contribution < -0.4 is 36.7 Å². The van der Waals surface area contributed by atoms with Crippen molar-refractivity contribution < 1.29 is 0 Å². The van der Waals surface area contributed by atoms with E-state index < -0.39 is 12.1 Å². The van der Waals surface area contributed by atoms with Crippen molar-refractivity contribution in [2.24, 2.45) is 0 Å². The van der Waals surface area contributed by atoms with Gasteiger partial charge in [-0.3, -0.25) is 0 Å². The van der Waals surface area contributed by atoms with Crippen molar-refractivity contribution >= 4 is 84.6 Å². The number of aryl methyl sites for hydroxylation is 2. The predicted molar refractivity (Wildman–Crippen MR) is 184 cm³/mol. The van der Waals surface area contributed by atoms with E-state index >= 15 is 0 Å². The molecule has 0 spiro atoms. The fourth-order valence-electron chi connectivity index (χ4n) is 6.28. The molecule has 0 saturated heterocycles. The van der Waals surface area contributed by atoms with Crippen LogP contribution in [-0.2, 0) is 23.6 Å². The molecule has 0 bridgehead atoms. The Kier molecular flexibility index (Phi) is 6.12. The standard InChI is InChI=1S/C35H31NP2S2/c1-23(2)26-21-33-35-34(22-26)38(40,28-13-9-6-10-14-28)32-20-25(4)16-18-30(32)36(35)29-17-15-24(3)19-31(29)37(33,39)27-11-7-5-8-12-27/h5-23H,1-4H3. The maximum atomic E-state index is 6.99. The lowest BCUT2D eigenvalue weighted by Crippen LogP contribution is -2.46. The van der Waals surface area contributed by atoms with E-state index in [0.29, 0.717) is 5.92 Å². The summed E-state index contributed by atoms with van der Waals surface area (Å²) >= 11 is 14.0. The number of nitrogens with zero attached hydrogens (tertiary/aromatic N) is 1. The van der Waals surface area contributed by atoms with Crippen molar-refractivity contribution in [2.45, 2.75) is 33.6 Å². The zero-order valence-electron chi connectivity index (χ0n) is 23.1. The summed E-state index contributed by atoms with van der Waals surface area (Å²) in [6.07, 6.45) is 0. The van der Waals surface area contributed by atoms with Gasteiger partial charge in [-0.05, 0) is 72.3 Å². The molecule has 0 radical (unpaired) electrons. The van der Waals surface area contributed by atoms with Gasteiger partial charge in [-0.2, -0.15) is 0 Å². The van der Waals surface area contributed by atoms with E-state index in [1.54, 1.807) is 0 Å². The number of rotatable bonds is 3. The predicted octanol–water partition coefficient (Wildman–Crippen LogP) is 7.04. The molecule has 0 saturated carbocycles. The first kappa shape index (κ1) is 26.1. The van der Waals surface area contributed by atoms with Gasteiger partial charge >= 0.3 is 0 Å². The molecule has 2 atom stereocenters. The molecule has 40 heavy (non-hydrogen) atoms. The second-order valence-corrected chi connectivity index (χ2v) is 20.0. The molecule has 2 unspecified atom stereocenters. The van der Waals surface area contributed by atoms with Crippen LogP contribution in [0.1, 0.15) is 36.5 Å². The molecule has 0 aliphatic carbocycles. The number of benzene rings is 5. The lowest BCUT2D eigenvalue weighted by atomic mass is 10.0. The largest absolute Gasteiger partial charge is 0.308 e. The van der Waals surface area contributed by atoms with E-state index in [1.807, 2.05) is 0 Å². The van der Waals surface area contributed by atoms with Crippen LogP contribution >= 0.6 is 12.1 Å². The molecular formula is C35H31NP2S2. The molecule has 5 aromatic carbocycles. The van der Waals surface area contributed by atoms with E-state index in [4.69, 9.17) is 23.6 Å².